The maximum Gasteiger partial charge on any atom is 0.0373 e. The quantitative estimate of drug-likeness (QED) is 0.695. The first kappa shape index (κ1) is 9.78. The standard InChI is InChI=1S/C14H15N/c1-10-8-13(9-11(2)14(10)15)12-6-4-3-5-7-12/h3-9H,15H2,1-2H3. The molecule has 0 aliphatic heterocycles. The first-order valence-corrected chi connectivity index (χ1v) is 5.10. The third-order valence-electron chi connectivity index (χ3n) is 2.70. The first-order chi connectivity index (χ1) is 7.18. The Kier molecular flexibility index (Phi) is 2.46. The maximum atomic E-state index is 5.93. The highest BCUT2D eigenvalue weighted by atomic mass is 14.6. The van der Waals surface area contributed by atoms with Crippen LogP contribution in [0.15, 0.2) is 42.5 Å². The second-order valence-corrected chi connectivity index (χ2v) is 3.89. The summed E-state index contributed by atoms with van der Waals surface area (Å²) >= 11 is 0. The van der Waals surface area contributed by atoms with Crippen molar-refractivity contribution in [2.45, 2.75) is 13.8 Å². The third kappa shape index (κ3) is 1.86. The molecule has 0 spiro atoms. The Bertz CT molecular complexity index is 449. The number of hydrogen-bond acceptors (Lipinski definition) is 1. The Morgan fingerprint density at radius 1 is 0.800 bits per heavy atom. The lowest BCUT2D eigenvalue weighted by molar-refractivity contribution is 1.39. The van der Waals surface area contributed by atoms with Gasteiger partial charge in [-0.15, -0.1) is 0 Å². The van der Waals surface area contributed by atoms with Crippen LogP contribution in [0.2, 0.25) is 0 Å². The van der Waals surface area contributed by atoms with Crippen LogP contribution in [0.4, 0.5) is 5.69 Å². The second kappa shape index (κ2) is 3.77. The van der Waals surface area contributed by atoms with E-state index in [0.29, 0.717) is 0 Å². The van der Waals surface area contributed by atoms with E-state index in [1.807, 2.05) is 6.07 Å². The van der Waals surface area contributed by atoms with E-state index in [1.54, 1.807) is 0 Å². The Morgan fingerprint density at radius 3 is 1.87 bits per heavy atom. The monoisotopic (exact) mass is 197 g/mol. The van der Waals surface area contributed by atoms with Crippen LogP contribution >= 0.6 is 0 Å². The average molecular weight is 197 g/mol. The van der Waals surface area contributed by atoms with Crippen molar-refractivity contribution in [2.75, 3.05) is 5.73 Å². The molecule has 1 heteroatoms. The normalized spacial score (nSPS) is 10.3. The number of nitrogens with two attached hydrogens (primary N) is 1. The van der Waals surface area contributed by atoms with Crippen LogP contribution in [0.25, 0.3) is 11.1 Å². The molecule has 0 aliphatic rings. The SMILES string of the molecule is Cc1cc(-c2ccccc2)cc(C)c1N. The van der Waals surface area contributed by atoms with Gasteiger partial charge in [-0.2, -0.15) is 0 Å². The van der Waals surface area contributed by atoms with E-state index >= 15 is 0 Å². The smallest absolute Gasteiger partial charge is 0.0373 e. The van der Waals surface area contributed by atoms with Gasteiger partial charge in [0.05, 0.1) is 0 Å². The number of benzene rings is 2. The molecule has 0 fully saturated rings. The Balaban J connectivity index is 2.56. The minimum Gasteiger partial charge on any atom is -0.398 e. The van der Waals surface area contributed by atoms with Gasteiger partial charge in [-0.25, -0.2) is 0 Å². The molecule has 76 valence electrons. The van der Waals surface area contributed by atoms with Crippen LogP contribution in [0.3, 0.4) is 0 Å². The number of nitrogen functional groups attached to an aromatic ring is 1. The summed E-state index contributed by atoms with van der Waals surface area (Å²) in [7, 11) is 0. The van der Waals surface area contributed by atoms with E-state index in [2.05, 4.69) is 50.2 Å². The Hall–Kier alpha value is -1.76. The molecule has 0 radical (unpaired) electrons. The van der Waals surface area contributed by atoms with Gasteiger partial charge in [0.1, 0.15) is 0 Å². The number of rotatable bonds is 1. The van der Waals surface area contributed by atoms with Crippen molar-refractivity contribution in [2.24, 2.45) is 0 Å². The van der Waals surface area contributed by atoms with Crippen LogP contribution in [0.1, 0.15) is 11.1 Å². The highest BCUT2D eigenvalue weighted by molar-refractivity contribution is 5.69. The fourth-order valence-corrected chi connectivity index (χ4v) is 1.77. The van der Waals surface area contributed by atoms with E-state index in [9.17, 15) is 0 Å². The Labute approximate surface area is 90.6 Å². The molecule has 2 aromatic rings. The first-order valence-electron chi connectivity index (χ1n) is 5.10. The van der Waals surface area contributed by atoms with Gasteiger partial charge in [-0.1, -0.05) is 30.3 Å². The van der Waals surface area contributed by atoms with Gasteiger partial charge < -0.3 is 5.73 Å². The zero-order valence-electron chi connectivity index (χ0n) is 9.12. The second-order valence-electron chi connectivity index (χ2n) is 3.89. The highest BCUT2D eigenvalue weighted by Crippen LogP contribution is 2.26. The molecule has 0 bridgehead atoms. The lowest BCUT2D eigenvalue weighted by atomic mass is 9.99. The summed E-state index contributed by atoms with van der Waals surface area (Å²) in [5.74, 6) is 0. The predicted octanol–water partition coefficient (Wildman–Crippen LogP) is 3.55. The molecule has 2 aromatic carbocycles. The summed E-state index contributed by atoms with van der Waals surface area (Å²) in [6, 6.07) is 14.6. The van der Waals surface area contributed by atoms with E-state index in [4.69, 9.17) is 5.73 Å². The third-order valence-corrected chi connectivity index (χ3v) is 2.70. The minimum atomic E-state index is 0.898. The number of aryl methyl sites for hydroxylation is 2. The van der Waals surface area contributed by atoms with Gasteiger partial charge in [-0.3, -0.25) is 0 Å². The van der Waals surface area contributed by atoms with E-state index in [-0.39, 0.29) is 0 Å². The van der Waals surface area contributed by atoms with Crippen LogP contribution in [0.5, 0.6) is 0 Å². The summed E-state index contributed by atoms with van der Waals surface area (Å²) in [4.78, 5) is 0. The number of hydrogen-bond donors (Lipinski definition) is 1. The predicted molar refractivity (Wildman–Crippen MR) is 65.8 cm³/mol. The molecular formula is C14H15N. The molecular weight excluding hydrogens is 182 g/mol. The lowest BCUT2D eigenvalue weighted by Crippen LogP contribution is -1.94. The fourth-order valence-electron chi connectivity index (χ4n) is 1.77. The van der Waals surface area contributed by atoms with Gasteiger partial charge in [-0.05, 0) is 48.2 Å². The van der Waals surface area contributed by atoms with Crippen molar-refractivity contribution < 1.29 is 0 Å². The fraction of sp³-hybridized carbons (Fsp3) is 0.143. The van der Waals surface area contributed by atoms with Gasteiger partial charge in [0, 0.05) is 5.69 Å². The molecule has 1 nitrogen and oxygen atoms in total. The van der Waals surface area contributed by atoms with Gasteiger partial charge in [0.2, 0.25) is 0 Å². The van der Waals surface area contributed by atoms with Crippen molar-refractivity contribution >= 4 is 5.69 Å². The van der Waals surface area contributed by atoms with Crippen LogP contribution in [-0.4, -0.2) is 0 Å². The molecule has 0 saturated carbocycles. The summed E-state index contributed by atoms with van der Waals surface area (Å²) in [5, 5.41) is 0. The summed E-state index contributed by atoms with van der Waals surface area (Å²) in [5.41, 5.74) is 11.6. The summed E-state index contributed by atoms with van der Waals surface area (Å²) in [6.45, 7) is 4.10. The van der Waals surface area contributed by atoms with E-state index in [1.165, 1.54) is 11.1 Å². The van der Waals surface area contributed by atoms with Gasteiger partial charge in [0.15, 0.2) is 0 Å². The number of anilines is 1. The largest absolute Gasteiger partial charge is 0.398 e. The van der Waals surface area contributed by atoms with Crippen LogP contribution in [0, 0.1) is 13.8 Å². The molecule has 15 heavy (non-hydrogen) atoms. The van der Waals surface area contributed by atoms with E-state index < -0.39 is 0 Å². The summed E-state index contributed by atoms with van der Waals surface area (Å²) in [6.07, 6.45) is 0. The highest BCUT2D eigenvalue weighted by Gasteiger charge is 2.02. The van der Waals surface area contributed by atoms with Crippen molar-refractivity contribution in [3.05, 3.63) is 53.6 Å². The van der Waals surface area contributed by atoms with Crippen molar-refractivity contribution in [3.63, 3.8) is 0 Å². The lowest BCUT2D eigenvalue weighted by Gasteiger charge is -2.08. The minimum absolute atomic E-state index is 0.898. The van der Waals surface area contributed by atoms with Crippen molar-refractivity contribution in [1.82, 2.24) is 0 Å². The molecule has 0 atom stereocenters. The molecule has 0 amide bonds. The zero-order valence-corrected chi connectivity index (χ0v) is 9.12. The van der Waals surface area contributed by atoms with Crippen LogP contribution < -0.4 is 5.73 Å². The van der Waals surface area contributed by atoms with Gasteiger partial charge >= 0.3 is 0 Å². The average Bonchev–Trinajstić information content (AvgIpc) is 2.26. The molecule has 0 heterocycles. The summed E-state index contributed by atoms with van der Waals surface area (Å²) < 4.78 is 0. The zero-order chi connectivity index (χ0) is 10.8. The Morgan fingerprint density at radius 2 is 1.33 bits per heavy atom. The molecule has 0 saturated heterocycles. The maximum absolute atomic E-state index is 5.93. The molecule has 2 rings (SSSR count). The van der Waals surface area contributed by atoms with E-state index in [0.717, 1.165) is 16.8 Å². The molecule has 2 N–H and O–H groups in total. The van der Waals surface area contributed by atoms with Crippen molar-refractivity contribution in [3.8, 4) is 11.1 Å². The van der Waals surface area contributed by atoms with Crippen LogP contribution in [-0.2, 0) is 0 Å². The van der Waals surface area contributed by atoms with Gasteiger partial charge in [0.25, 0.3) is 0 Å². The molecule has 0 unspecified atom stereocenters. The van der Waals surface area contributed by atoms with Crippen molar-refractivity contribution in [1.29, 1.82) is 0 Å². The topological polar surface area (TPSA) is 26.0 Å². The molecule has 0 aliphatic carbocycles. The molecule has 0 aromatic heterocycles.